The van der Waals surface area contributed by atoms with Crippen molar-refractivity contribution in [1.29, 1.82) is 0 Å². The second-order valence-electron chi connectivity index (χ2n) is 9.77. The van der Waals surface area contributed by atoms with Crippen LogP contribution in [0.15, 0.2) is 42.5 Å². The number of aliphatic hydroxyl groups excluding tert-OH is 3. The highest BCUT2D eigenvalue weighted by Crippen LogP contribution is 2.36. The van der Waals surface area contributed by atoms with Crippen LogP contribution in [0.5, 0.6) is 5.75 Å². The minimum absolute atomic E-state index is 0.219. The van der Waals surface area contributed by atoms with Crippen LogP contribution < -0.4 is 4.74 Å². The van der Waals surface area contributed by atoms with E-state index in [0.29, 0.717) is 30.8 Å². The summed E-state index contributed by atoms with van der Waals surface area (Å²) in [5, 5.41) is 31.3. The maximum atomic E-state index is 10.6. The summed E-state index contributed by atoms with van der Waals surface area (Å²) >= 11 is 6.48. The van der Waals surface area contributed by atoms with Gasteiger partial charge in [-0.25, -0.2) is 0 Å². The molecule has 6 nitrogen and oxygen atoms in total. The number of hydrogen-bond donors (Lipinski definition) is 3. The average Bonchev–Trinajstić information content (AvgIpc) is 2.88. The van der Waals surface area contributed by atoms with E-state index in [2.05, 4.69) is 0 Å². The van der Waals surface area contributed by atoms with Crippen LogP contribution in [0.1, 0.15) is 61.8 Å². The zero-order valence-corrected chi connectivity index (χ0v) is 21.1. The molecule has 2 aromatic carbocycles. The van der Waals surface area contributed by atoms with Crippen molar-refractivity contribution in [3.8, 4) is 5.75 Å². The molecule has 0 unspecified atom stereocenters. The Morgan fingerprint density at radius 3 is 2.43 bits per heavy atom. The molecule has 192 valence electrons. The van der Waals surface area contributed by atoms with E-state index < -0.39 is 24.4 Å². The van der Waals surface area contributed by atoms with Crippen LogP contribution in [0.25, 0.3) is 0 Å². The van der Waals surface area contributed by atoms with Gasteiger partial charge in [0, 0.05) is 10.9 Å². The second-order valence-corrected chi connectivity index (χ2v) is 10.2. The van der Waals surface area contributed by atoms with Crippen molar-refractivity contribution < 1.29 is 29.5 Å². The summed E-state index contributed by atoms with van der Waals surface area (Å²) in [6, 6.07) is 13.4. The number of ether oxygens (including phenoxy) is 3. The molecule has 1 aliphatic carbocycles. The monoisotopic (exact) mass is 504 g/mol. The number of hydrogen-bond acceptors (Lipinski definition) is 6. The van der Waals surface area contributed by atoms with Crippen LogP contribution in [0.4, 0.5) is 0 Å². The summed E-state index contributed by atoms with van der Waals surface area (Å²) in [4.78, 5) is 0. The number of benzene rings is 2. The van der Waals surface area contributed by atoms with Crippen molar-refractivity contribution in [3.63, 3.8) is 0 Å². The molecule has 0 spiro atoms. The van der Waals surface area contributed by atoms with E-state index in [1.807, 2.05) is 30.3 Å². The molecule has 0 bridgehead atoms. The van der Waals surface area contributed by atoms with E-state index in [0.717, 1.165) is 35.3 Å². The van der Waals surface area contributed by atoms with Gasteiger partial charge in [0.2, 0.25) is 0 Å². The van der Waals surface area contributed by atoms with Crippen molar-refractivity contribution in [3.05, 3.63) is 64.2 Å². The molecule has 0 radical (unpaired) electrons. The Balaban J connectivity index is 1.34. The first-order valence-electron chi connectivity index (χ1n) is 12.7. The Morgan fingerprint density at radius 1 is 0.971 bits per heavy atom. The lowest BCUT2D eigenvalue weighted by molar-refractivity contribution is -0.207. The van der Waals surface area contributed by atoms with Gasteiger partial charge in [-0.05, 0) is 54.2 Å². The van der Waals surface area contributed by atoms with E-state index in [1.54, 1.807) is 19.1 Å². The van der Waals surface area contributed by atoms with Crippen molar-refractivity contribution in [1.82, 2.24) is 0 Å². The van der Waals surface area contributed by atoms with Crippen LogP contribution in [-0.2, 0) is 15.9 Å². The number of aliphatic hydroxyl groups is 3. The molecule has 2 aliphatic rings. The largest absolute Gasteiger partial charge is 0.491 e. The van der Waals surface area contributed by atoms with Gasteiger partial charge in [-0.1, -0.05) is 62.1 Å². The normalized spacial score (nSPS) is 27.6. The van der Waals surface area contributed by atoms with Crippen molar-refractivity contribution in [2.24, 2.45) is 5.92 Å². The summed E-state index contributed by atoms with van der Waals surface area (Å²) in [7, 11) is 0. The third-order valence-electron chi connectivity index (χ3n) is 7.26. The SMILES string of the molecule is C[C@H]1[C@H](O)[C@@H](O)[C@H](c2ccc(Cl)c(Cc3ccc(OCCOC4CCCCC4)cc3)c2)O[C@@H]1CO. The van der Waals surface area contributed by atoms with Crippen molar-refractivity contribution in [2.75, 3.05) is 19.8 Å². The third kappa shape index (κ3) is 6.76. The minimum atomic E-state index is -1.08. The van der Waals surface area contributed by atoms with E-state index in [9.17, 15) is 15.3 Å². The van der Waals surface area contributed by atoms with Gasteiger partial charge in [0.25, 0.3) is 0 Å². The first-order chi connectivity index (χ1) is 17.0. The van der Waals surface area contributed by atoms with E-state index in [1.165, 1.54) is 19.3 Å². The van der Waals surface area contributed by atoms with Gasteiger partial charge in [0.15, 0.2) is 0 Å². The second kappa shape index (κ2) is 12.5. The van der Waals surface area contributed by atoms with Crippen LogP contribution in [0, 0.1) is 5.92 Å². The molecule has 5 atom stereocenters. The number of halogens is 1. The Morgan fingerprint density at radius 2 is 1.71 bits per heavy atom. The lowest BCUT2D eigenvalue weighted by Crippen LogP contribution is -2.50. The predicted octanol–water partition coefficient (Wildman–Crippen LogP) is 4.45. The minimum Gasteiger partial charge on any atom is -0.491 e. The van der Waals surface area contributed by atoms with Crippen LogP contribution >= 0.6 is 11.6 Å². The molecule has 35 heavy (non-hydrogen) atoms. The summed E-state index contributed by atoms with van der Waals surface area (Å²) in [6.07, 6.45) is 3.81. The molecular formula is C28H37ClO6. The van der Waals surface area contributed by atoms with Crippen LogP contribution in [0.2, 0.25) is 5.02 Å². The quantitative estimate of drug-likeness (QED) is 0.437. The zero-order chi connectivity index (χ0) is 24.8. The van der Waals surface area contributed by atoms with Gasteiger partial charge in [0.1, 0.15) is 24.6 Å². The Labute approximate surface area is 212 Å². The molecule has 1 saturated heterocycles. The van der Waals surface area contributed by atoms with E-state index >= 15 is 0 Å². The Hall–Kier alpha value is -1.67. The van der Waals surface area contributed by atoms with Crippen LogP contribution in [0.3, 0.4) is 0 Å². The number of rotatable bonds is 9. The van der Waals surface area contributed by atoms with Gasteiger partial charge in [-0.15, -0.1) is 0 Å². The smallest absolute Gasteiger partial charge is 0.119 e. The maximum absolute atomic E-state index is 10.6. The van der Waals surface area contributed by atoms with Gasteiger partial charge >= 0.3 is 0 Å². The lowest BCUT2D eigenvalue weighted by Gasteiger charge is -2.41. The Kier molecular flexibility index (Phi) is 9.45. The maximum Gasteiger partial charge on any atom is 0.119 e. The molecule has 2 fully saturated rings. The average molecular weight is 505 g/mol. The summed E-state index contributed by atoms with van der Waals surface area (Å²) in [5.74, 6) is 0.440. The summed E-state index contributed by atoms with van der Waals surface area (Å²) in [6.45, 7) is 2.68. The first kappa shape index (κ1) is 26.4. The lowest BCUT2D eigenvalue weighted by atomic mass is 9.85. The summed E-state index contributed by atoms with van der Waals surface area (Å²) in [5.41, 5.74) is 2.68. The molecule has 7 heteroatoms. The van der Waals surface area contributed by atoms with Gasteiger partial charge in [-0.2, -0.15) is 0 Å². The third-order valence-corrected chi connectivity index (χ3v) is 7.63. The topological polar surface area (TPSA) is 88.4 Å². The van der Waals surface area contributed by atoms with Gasteiger partial charge in [0.05, 0.1) is 31.5 Å². The molecule has 1 heterocycles. The van der Waals surface area contributed by atoms with Gasteiger partial charge < -0.3 is 29.5 Å². The van der Waals surface area contributed by atoms with Crippen molar-refractivity contribution >= 4 is 11.6 Å². The fourth-order valence-corrected chi connectivity index (χ4v) is 5.21. The van der Waals surface area contributed by atoms with Gasteiger partial charge in [-0.3, -0.25) is 0 Å². The highest BCUT2D eigenvalue weighted by molar-refractivity contribution is 6.31. The molecule has 3 N–H and O–H groups in total. The Bertz CT molecular complexity index is 928. The molecule has 4 rings (SSSR count). The molecule has 1 aliphatic heterocycles. The predicted molar refractivity (Wildman–Crippen MR) is 135 cm³/mol. The standard InChI is InChI=1S/C28H37ClO6/c1-18-25(17-30)35-28(27(32)26(18)31)20-9-12-24(29)21(16-20)15-19-7-10-23(11-8-19)34-14-13-33-22-5-3-2-4-6-22/h7-12,16,18,22,25-28,30-32H,2-6,13-15,17H2,1H3/t18-,25-,26+,27-,28+/m1/s1. The van der Waals surface area contributed by atoms with E-state index in [-0.39, 0.29) is 12.5 Å². The molecule has 1 saturated carbocycles. The summed E-state index contributed by atoms with van der Waals surface area (Å²) < 4.78 is 17.7. The molecule has 0 amide bonds. The fourth-order valence-electron chi connectivity index (χ4n) is 5.02. The zero-order valence-electron chi connectivity index (χ0n) is 20.3. The molecular weight excluding hydrogens is 468 g/mol. The first-order valence-corrected chi connectivity index (χ1v) is 13.1. The van der Waals surface area contributed by atoms with Crippen LogP contribution in [-0.4, -0.2) is 59.6 Å². The highest BCUT2D eigenvalue weighted by Gasteiger charge is 2.42. The van der Waals surface area contributed by atoms with Crippen molar-refractivity contribution in [2.45, 2.75) is 76.0 Å². The fraction of sp³-hybridized carbons (Fsp3) is 0.571. The van der Waals surface area contributed by atoms with E-state index in [4.69, 9.17) is 25.8 Å². The highest BCUT2D eigenvalue weighted by atomic mass is 35.5. The molecule has 2 aromatic rings. The molecule has 0 aromatic heterocycles.